The minimum absolute atomic E-state index is 0. The molecule has 3 aliphatic carbocycles. The molecule has 0 saturated heterocycles. The summed E-state index contributed by atoms with van der Waals surface area (Å²) in [5.74, 6) is 0.147. The van der Waals surface area contributed by atoms with Gasteiger partial charge in [0, 0.05) is 76.2 Å². The Morgan fingerprint density at radius 3 is 2.03 bits per heavy atom. The molecular weight excluding hydrogens is 487 g/mol. The van der Waals surface area contributed by atoms with Crippen LogP contribution in [0.2, 0.25) is 0 Å². The maximum Gasteiger partial charge on any atom is 0.348 e. The molecule has 1 N–H and O–H groups in total. The largest absolute Gasteiger partial charge is 0.459 e. The number of nitrogens with zero attached hydrogens (tertiary/aromatic N) is 1. The Hall–Kier alpha value is -1.07. The maximum atomic E-state index is 13.6. The van der Waals surface area contributed by atoms with Gasteiger partial charge in [0.25, 0.3) is 0 Å². The molecule has 5 heteroatoms. The summed E-state index contributed by atoms with van der Waals surface area (Å²) < 4.78 is 6.80. The van der Waals surface area contributed by atoms with Crippen molar-refractivity contribution in [2.24, 2.45) is 11.8 Å². The van der Waals surface area contributed by atoms with E-state index < -0.39 is 11.6 Å². The Balaban J connectivity index is 0.000000939. The van der Waals surface area contributed by atoms with E-state index in [4.69, 9.17) is 4.74 Å². The van der Waals surface area contributed by atoms with Gasteiger partial charge < -0.3 is 21.3 Å². The van der Waals surface area contributed by atoms with Crippen LogP contribution in [0, 0.1) is 25.8 Å². The molecule has 0 aliphatic heterocycles. The number of aliphatic hydroxyl groups is 1. The van der Waals surface area contributed by atoms with Gasteiger partial charge in [-0.3, -0.25) is 0 Å². The number of hydrogen-bond acceptors (Lipinski definition) is 3. The van der Waals surface area contributed by atoms with E-state index in [2.05, 4.69) is 28.1 Å². The molecule has 4 unspecified atom stereocenters. The van der Waals surface area contributed by atoms with E-state index in [-0.39, 0.29) is 46.2 Å². The smallest absolute Gasteiger partial charge is 0.348 e. The van der Waals surface area contributed by atoms with Crippen LogP contribution in [0.4, 0.5) is 0 Å². The second-order valence-corrected chi connectivity index (χ2v) is 9.65. The first-order valence-electron chi connectivity index (χ1n) is 11.3. The number of quaternary nitrogens is 1. The van der Waals surface area contributed by atoms with Crippen molar-refractivity contribution in [3.63, 3.8) is 0 Å². The zero-order chi connectivity index (χ0) is 22.4. The molecule has 0 heterocycles. The Bertz CT molecular complexity index is 922. The maximum absolute atomic E-state index is 13.6. The van der Waals surface area contributed by atoms with E-state index in [1.165, 1.54) is 0 Å². The third kappa shape index (κ3) is 4.74. The molecule has 4 nitrogen and oxygen atoms in total. The monoisotopic (exact) mass is 525 g/mol. The molecule has 5 rings (SSSR count). The average Bonchev–Trinajstić information content (AvgIpc) is 3.32. The second-order valence-electron chi connectivity index (χ2n) is 9.65. The van der Waals surface area contributed by atoms with Crippen molar-refractivity contribution in [1.82, 2.24) is 0 Å². The van der Waals surface area contributed by atoms with Crippen LogP contribution < -0.4 is 0 Å². The topological polar surface area (TPSA) is 46.5 Å². The number of fused-ring (bicyclic) bond motifs is 4. The van der Waals surface area contributed by atoms with Gasteiger partial charge in [0.15, 0.2) is 0 Å². The zero-order valence-electron chi connectivity index (χ0n) is 19.5. The third-order valence-electron chi connectivity index (χ3n) is 7.43. The molecular formula is C28H38NO3Y-. The fraction of sp³-hybridized carbons (Fsp3) is 0.464. The van der Waals surface area contributed by atoms with Crippen LogP contribution in [-0.2, 0) is 54.3 Å². The van der Waals surface area contributed by atoms with E-state index in [9.17, 15) is 9.90 Å². The van der Waals surface area contributed by atoms with Gasteiger partial charge in [-0.25, -0.2) is 4.79 Å². The zero-order valence-corrected chi connectivity index (χ0v) is 22.3. The van der Waals surface area contributed by atoms with Gasteiger partial charge in [-0.1, -0.05) is 56.0 Å². The molecule has 4 atom stereocenters. The standard InChI is InChI=1S/C25H29NO3.C2H5.CH4.Y/c1-26(2,3)22-15-18-12-13-19(22)23(18)29-24(27)25(28)20-10-6-4-8-16(20)14-17-9-5-7-11-21(17)25;1-2;;/h4-11,18-19,22-23,28H,1,12-15H2,2-3H3;1H2,2H3;1H4;/q;-1;;. The van der Waals surface area contributed by atoms with Gasteiger partial charge >= 0.3 is 5.97 Å². The van der Waals surface area contributed by atoms with Crippen molar-refractivity contribution in [2.75, 3.05) is 14.1 Å². The molecule has 3 aliphatic rings. The first kappa shape index (κ1) is 28.2. The number of benzene rings is 2. The predicted octanol–water partition coefficient (Wildman–Crippen LogP) is 4.88. The summed E-state index contributed by atoms with van der Waals surface area (Å²) >= 11 is 0. The fourth-order valence-corrected chi connectivity index (χ4v) is 6.05. The number of rotatable bonds is 3. The minimum atomic E-state index is -1.75. The number of esters is 1. The number of hydrogen-bond donors (Lipinski definition) is 1. The normalized spacial score (nSPS) is 25.9. The van der Waals surface area contributed by atoms with E-state index >= 15 is 0 Å². The average molecular weight is 526 g/mol. The molecule has 0 spiro atoms. The van der Waals surface area contributed by atoms with Crippen molar-refractivity contribution in [3.8, 4) is 0 Å². The molecule has 2 bridgehead atoms. The molecule has 2 fully saturated rings. The molecule has 177 valence electrons. The van der Waals surface area contributed by atoms with E-state index in [0.29, 0.717) is 39.9 Å². The van der Waals surface area contributed by atoms with Gasteiger partial charge in [0.2, 0.25) is 5.60 Å². The summed E-state index contributed by atoms with van der Waals surface area (Å²) in [6.45, 7) is 5.00. The molecule has 33 heavy (non-hydrogen) atoms. The van der Waals surface area contributed by atoms with Crippen LogP contribution in [0.3, 0.4) is 0 Å². The van der Waals surface area contributed by atoms with E-state index in [1.54, 1.807) is 6.92 Å². The Morgan fingerprint density at radius 2 is 1.55 bits per heavy atom. The SMILES string of the molecule is C.[CH2-]C.[CH2-][N+](C)(C)C1CC2CCC1C2OC(=O)C1(O)c2ccccc2Cc2ccccc21.[Y]. The molecule has 2 saturated carbocycles. The Labute approximate surface area is 225 Å². The molecule has 1 radical (unpaired) electrons. The summed E-state index contributed by atoms with van der Waals surface area (Å²) in [4.78, 5) is 13.6. The molecule has 2 aromatic rings. The van der Waals surface area contributed by atoms with Crippen LogP contribution in [-0.4, -0.2) is 41.8 Å². The second kappa shape index (κ2) is 10.7. The van der Waals surface area contributed by atoms with Crippen LogP contribution >= 0.6 is 0 Å². The first-order valence-corrected chi connectivity index (χ1v) is 11.3. The van der Waals surface area contributed by atoms with Gasteiger partial charge in [-0.05, 0) is 30.4 Å². The third-order valence-corrected chi connectivity index (χ3v) is 7.43. The molecule has 0 amide bonds. The summed E-state index contributed by atoms with van der Waals surface area (Å²) in [7, 11) is 8.53. The van der Waals surface area contributed by atoms with Crippen LogP contribution in [0.15, 0.2) is 48.5 Å². The van der Waals surface area contributed by atoms with Gasteiger partial charge in [0.05, 0.1) is 6.04 Å². The minimum Gasteiger partial charge on any atom is -0.459 e. The van der Waals surface area contributed by atoms with Crippen LogP contribution in [0.1, 0.15) is 55.9 Å². The van der Waals surface area contributed by atoms with Crippen molar-refractivity contribution in [1.29, 1.82) is 0 Å². The van der Waals surface area contributed by atoms with Gasteiger partial charge in [-0.2, -0.15) is 6.92 Å². The summed E-state index contributed by atoms with van der Waals surface area (Å²) in [5.41, 5.74) is 1.51. The van der Waals surface area contributed by atoms with Crippen LogP contribution in [0.5, 0.6) is 0 Å². The van der Waals surface area contributed by atoms with Gasteiger partial charge in [-0.15, -0.1) is 7.05 Å². The summed E-state index contributed by atoms with van der Waals surface area (Å²) in [6, 6.07) is 15.7. The predicted molar refractivity (Wildman–Crippen MR) is 128 cm³/mol. The summed E-state index contributed by atoms with van der Waals surface area (Å²) in [5, 5.41) is 11.8. The number of carbonyl (C=O) groups is 1. The Kier molecular flexibility index (Phi) is 9.12. The fourth-order valence-electron chi connectivity index (χ4n) is 6.05. The summed E-state index contributed by atoms with van der Waals surface area (Å²) in [6.07, 6.45) is 3.77. The number of carbonyl (C=O) groups excluding carboxylic acids is 1. The number of ether oxygens (including phenoxy) is 1. The Morgan fingerprint density at radius 1 is 1.03 bits per heavy atom. The first-order chi connectivity index (χ1) is 14.8. The van der Waals surface area contributed by atoms with Crippen molar-refractivity contribution in [3.05, 3.63) is 84.8 Å². The molecule has 0 aromatic heterocycles. The quantitative estimate of drug-likeness (QED) is 0.353. The van der Waals surface area contributed by atoms with Crippen LogP contribution in [0.25, 0.3) is 0 Å². The van der Waals surface area contributed by atoms with Gasteiger partial charge in [0.1, 0.15) is 6.10 Å². The molecule has 2 aromatic carbocycles. The van der Waals surface area contributed by atoms with Crippen molar-refractivity contribution >= 4 is 5.97 Å². The van der Waals surface area contributed by atoms with Crippen molar-refractivity contribution < 1.29 is 51.8 Å². The van der Waals surface area contributed by atoms with E-state index in [0.717, 1.165) is 30.4 Å². The van der Waals surface area contributed by atoms with Crippen molar-refractivity contribution in [2.45, 2.75) is 57.8 Å². The van der Waals surface area contributed by atoms with E-state index in [1.807, 2.05) is 48.5 Å².